The van der Waals surface area contributed by atoms with E-state index >= 15 is 0 Å². The Morgan fingerprint density at radius 3 is 1.13 bits per heavy atom. The van der Waals surface area contributed by atoms with Gasteiger partial charge in [-0.2, -0.15) is 0 Å². The van der Waals surface area contributed by atoms with Crippen molar-refractivity contribution in [3.63, 3.8) is 0 Å². The number of carbonyl (C=O) groups is 2. The lowest BCUT2D eigenvalue weighted by molar-refractivity contribution is -0.143. The number of ether oxygens (including phenoxy) is 1. The Balaban J connectivity index is 3.41. The summed E-state index contributed by atoms with van der Waals surface area (Å²) in [7, 11) is 0. The molecule has 6 heteroatoms. The van der Waals surface area contributed by atoms with E-state index in [0.717, 1.165) is 44.9 Å². The van der Waals surface area contributed by atoms with Crippen LogP contribution in [0.2, 0.25) is 0 Å². The normalized spacial score (nSPS) is 12.8. The average molecular weight is 889 g/mol. The molecule has 0 bridgehead atoms. The lowest BCUT2D eigenvalue weighted by Gasteiger charge is -2.22. The summed E-state index contributed by atoms with van der Waals surface area (Å²) in [4.78, 5) is 24.4. The van der Waals surface area contributed by atoms with Crippen molar-refractivity contribution >= 4 is 11.9 Å². The van der Waals surface area contributed by atoms with E-state index in [2.05, 4.69) is 43.5 Å². The summed E-state index contributed by atoms with van der Waals surface area (Å²) in [6.45, 7) is 4.93. The number of aliphatic hydroxyl groups excluding tert-OH is 2. The van der Waals surface area contributed by atoms with Crippen molar-refractivity contribution < 1.29 is 24.5 Å². The Morgan fingerprint density at radius 2 is 0.746 bits per heavy atom. The smallest absolute Gasteiger partial charge is 0.305 e. The molecular weight excluding hydrogens is 779 g/mol. The largest absolute Gasteiger partial charge is 0.466 e. The predicted octanol–water partition coefficient (Wildman–Crippen LogP) is 17.1. The summed E-state index contributed by atoms with van der Waals surface area (Å²) in [5, 5.41) is 23.2. The Bertz CT molecular complexity index is 982. The molecule has 0 aromatic carbocycles. The molecule has 0 aromatic rings. The van der Waals surface area contributed by atoms with Crippen LogP contribution in [0.3, 0.4) is 0 Å². The third-order valence-corrected chi connectivity index (χ3v) is 13.0. The molecule has 0 saturated heterocycles. The highest BCUT2D eigenvalue weighted by Gasteiger charge is 2.20. The molecule has 6 nitrogen and oxygen atoms in total. The van der Waals surface area contributed by atoms with Gasteiger partial charge >= 0.3 is 5.97 Å². The summed E-state index contributed by atoms with van der Waals surface area (Å²) < 4.78 is 5.47. The number of allylic oxidation sites excluding steroid dienone is 4. The fourth-order valence-corrected chi connectivity index (χ4v) is 8.63. The van der Waals surface area contributed by atoms with E-state index in [1.165, 1.54) is 225 Å². The maximum atomic E-state index is 12.4. The number of amides is 1. The van der Waals surface area contributed by atoms with Crippen molar-refractivity contribution in [2.75, 3.05) is 13.2 Å². The van der Waals surface area contributed by atoms with Crippen LogP contribution in [0, 0.1) is 0 Å². The number of nitrogens with one attached hydrogen (secondary N) is 1. The highest BCUT2D eigenvalue weighted by molar-refractivity contribution is 5.76. The summed E-state index contributed by atoms with van der Waals surface area (Å²) in [6, 6.07) is -0.545. The second kappa shape index (κ2) is 53.0. The van der Waals surface area contributed by atoms with Crippen LogP contribution in [0.1, 0.15) is 303 Å². The van der Waals surface area contributed by atoms with E-state index in [1.807, 2.05) is 0 Å². The van der Waals surface area contributed by atoms with Gasteiger partial charge in [0.15, 0.2) is 0 Å². The molecule has 0 aromatic heterocycles. The highest BCUT2D eigenvalue weighted by atomic mass is 16.5. The first-order valence-corrected chi connectivity index (χ1v) is 28.1. The number of hydrogen-bond acceptors (Lipinski definition) is 5. The predicted molar refractivity (Wildman–Crippen MR) is 273 cm³/mol. The SMILES string of the molecule is CCCCCCC/C=C\CCCCCCCC(=O)OCCCCCCCCCCCC/C=C\CCCCCCCCCC(=O)NC(CO)C(O)CCCCCCCCCCCCC. The first-order chi connectivity index (χ1) is 31.0. The minimum Gasteiger partial charge on any atom is -0.466 e. The zero-order valence-corrected chi connectivity index (χ0v) is 42.3. The minimum atomic E-state index is -0.667. The van der Waals surface area contributed by atoms with Gasteiger partial charge in [-0.3, -0.25) is 9.59 Å². The minimum absolute atomic E-state index is 0.000448. The summed E-state index contributed by atoms with van der Waals surface area (Å²) >= 11 is 0. The van der Waals surface area contributed by atoms with Gasteiger partial charge in [0.25, 0.3) is 0 Å². The number of unbranched alkanes of at least 4 members (excludes halogenated alkanes) is 37. The number of carbonyl (C=O) groups excluding carboxylic acids is 2. The van der Waals surface area contributed by atoms with Crippen molar-refractivity contribution in [1.29, 1.82) is 0 Å². The molecule has 0 fully saturated rings. The first-order valence-electron chi connectivity index (χ1n) is 28.1. The Hall–Kier alpha value is -1.66. The van der Waals surface area contributed by atoms with Crippen LogP contribution in [0.5, 0.6) is 0 Å². The Labute approximate surface area is 392 Å². The average Bonchev–Trinajstić information content (AvgIpc) is 3.28. The molecule has 63 heavy (non-hydrogen) atoms. The van der Waals surface area contributed by atoms with E-state index in [1.54, 1.807) is 0 Å². The molecule has 0 saturated carbocycles. The number of hydrogen-bond donors (Lipinski definition) is 3. The molecule has 0 heterocycles. The monoisotopic (exact) mass is 888 g/mol. The van der Waals surface area contributed by atoms with E-state index < -0.39 is 12.1 Å². The third kappa shape index (κ3) is 49.6. The molecule has 0 aliphatic carbocycles. The molecule has 0 aliphatic rings. The van der Waals surface area contributed by atoms with E-state index in [9.17, 15) is 19.8 Å². The second-order valence-corrected chi connectivity index (χ2v) is 19.3. The van der Waals surface area contributed by atoms with E-state index in [4.69, 9.17) is 4.74 Å². The molecule has 372 valence electrons. The molecule has 2 atom stereocenters. The number of rotatable bonds is 52. The molecule has 1 amide bonds. The highest BCUT2D eigenvalue weighted by Crippen LogP contribution is 2.16. The topological polar surface area (TPSA) is 95.9 Å². The zero-order valence-electron chi connectivity index (χ0n) is 42.3. The quantitative estimate of drug-likeness (QED) is 0.0321. The van der Waals surface area contributed by atoms with Gasteiger partial charge in [-0.25, -0.2) is 0 Å². The molecule has 3 N–H and O–H groups in total. The van der Waals surface area contributed by atoms with Crippen LogP contribution in [-0.4, -0.2) is 47.4 Å². The molecule has 0 spiro atoms. The van der Waals surface area contributed by atoms with Gasteiger partial charge in [0.05, 0.1) is 25.4 Å². The van der Waals surface area contributed by atoms with Crippen molar-refractivity contribution in [2.24, 2.45) is 0 Å². The Kier molecular flexibility index (Phi) is 51.6. The van der Waals surface area contributed by atoms with Gasteiger partial charge in [0.1, 0.15) is 0 Å². The van der Waals surface area contributed by atoms with E-state index in [0.29, 0.717) is 25.9 Å². The maximum absolute atomic E-state index is 12.4. The van der Waals surface area contributed by atoms with Crippen molar-refractivity contribution in [3.05, 3.63) is 24.3 Å². The third-order valence-electron chi connectivity index (χ3n) is 13.0. The van der Waals surface area contributed by atoms with Crippen molar-refractivity contribution in [3.8, 4) is 0 Å². The zero-order chi connectivity index (χ0) is 45.8. The van der Waals surface area contributed by atoms with Gasteiger partial charge in [-0.15, -0.1) is 0 Å². The summed E-state index contributed by atoms with van der Waals surface area (Å²) in [5.41, 5.74) is 0. The fourth-order valence-electron chi connectivity index (χ4n) is 8.63. The molecule has 0 radical (unpaired) electrons. The number of esters is 1. The number of aliphatic hydroxyl groups is 2. The van der Waals surface area contributed by atoms with Gasteiger partial charge in [-0.05, 0) is 77.0 Å². The summed E-state index contributed by atoms with van der Waals surface area (Å²) in [6.07, 6.45) is 63.1. The first kappa shape index (κ1) is 61.3. The van der Waals surface area contributed by atoms with Gasteiger partial charge in [0, 0.05) is 12.8 Å². The molecule has 0 rings (SSSR count). The van der Waals surface area contributed by atoms with Crippen LogP contribution in [0.4, 0.5) is 0 Å². The molecular formula is C57H109NO5. The van der Waals surface area contributed by atoms with Crippen LogP contribution in [0.15, 0.2) is 24.3 Å². The van der Waals surface area contributed by atoms with Crippen LogP contribution < -0.4 is 5.32 Å². The lowest BCUT2D eigenvalue weighted by atomic mass is 10.0. The fraction of sp³-hybridized carbons (Fsp3) is 0.895. The van der Waals surface area contributed by atoms with Crippen molar-refractivity contribution in [1.82, 2.24) is 5.32 Å². The lowest BCUT2D eigenvalue weighted by Crippen LogP contribution is -2.45. The van der Waals surface area contributed by atoms with Gasteiger partial charge in [0.2, 0.25) is 5.91 Å². The van der Waals surface area contributed by atoms with Gasteiger partial charge < -0.3 is 20.3 Å². The molecule has 0 aliphatic heterocycles. The Morgan fingerprint density at radius 1 is 0.429 bits per heavy atom. The van der Waals surface area contributed by atoms with Crippen LogP contribution in [-0.2, 0) is 14.3 Å². The maximum Gasteiger partial charge on any atom is 0.305 e. The van der Waals surface area contributed by atoms with Crippen molar-refractivity contribution in [2.45, 2.75) is 315 Å². The van der Waals surface area contributed by atoms with Crippen LogP contribution >= 0.6 is 0 Å². The van der Waals surface area contributed by atoms with E-state index in [-0.39, 0.29) is 18.5 Å². The van der Waals surface area contributed by atoms with Gasteiger partial charge in [-0.1, -0.05) is 237 Å². The van der Waals surface area contributed by atoms with Crippen LogP contribution in [0.25, 0.3) is 0 Å². The second-order valence-electron chi connectivity index (χ2n) is 19.3. The standard InChI is InChI=1S/C57H109NO5/c1-3-5-7-9-11-13-15-16-27-31-35-39-43-47-51-57(62)63-52-48-44-40-36-32-28-25-23-21-19-17-18-20-22-24-26-30-34-38-42-46-50-56(61)58-54(53-59)55(60)49-45-41-37-33-29-14-12-10-8-6-4-2/h15-16,18,20,54-55,59-60H,3-14,17,19,21-53H2,1-2H3,(H,58,61)/b16-15-,20-18-. The summed E-state index contributed by atoms with van der Waals surface area (Å²) in [5.74, 6) is -0.0441. The molecule has 2 unspecified atom stereocenters.